The second kappa shape index (κ2) is 6.06. The van der Waals surface area contributed by atoms with E-state index in [2.05, 4.69) is 30.4 Å². The van der Waals surface area contributed by atoms with Crippen molar-refractivity contribution in [2.45, 2.75) is 45.1 Å². The zero-order chi connectivity index (χ0) is 12.1. The Morgan fingerprint density at radius 3 is 3.06 bits per heavy atom. The molecule has 0 unspecified atom stereocenters. The van der Waals surface area contributed by atoms with Gasteiger partial charge in [0.25, 0.3) is 0 Å². The number of hydrogen-bond acceptors (Lipinski definition) is 2. The molecule has 0 bridgehead atoms. The fourth-order valence-electron chi connectivity index (χ4n) is 2.69. The van der Waals surface area contributed by atoms with Crippen LogP contribution in [0.4, 0.5) is 0 Å². The first-order valence-corrected chi connectivity index (χ1v) is 6.73. The van der Waals surface area contributed by atoms with Gasteiger partial charge in [-0.15, -0.1) is 0 Å². The number of fused-ring (bicyclic) bond motifs is 1. The summed E-state index contributed by atoms with van der Waals surface area (Å²) in [6, 6.07) is 7.09. The minimum atomic E-state index is 0.642. The third kappa shape index (κ3) is 3.01. The summed E-state index contributed by atoms with van der Waals surface area (Å²) < 4.78 is 5.46. The molecular weight excluding hydrogens is 210 g/mol. The molecule has 1 aliphatic carbocycles. The molecule has 17 heavy (non-hydrogen) atoms. The highest BCUT2D eigenvalue weighted by Gasteiger charge is 2.18. The van der Waals surface area contributed by atoms with Gasteiger partial charge in [0.15, 0.2) is 0 Å². The molecule has 0 radical (unpaired) electrons. The Bertz CT molecular complexity index is 362. The lowest BCUT2D eigenvalue weighted by molar-refractivity contribution is 0.409. The number of nitrogens with one attached hydrogen (secondary N) is 1. The molecule has 0 saturated heterocycles. The number of benzene rings is 1. The minimum absolute atomic E-state index is 0.642. The van der Waals surface area contributed by atoms with Crippen molar-refractivity contribution in [1.29, 1.82) is 0 Å². The van der Waals surface area contributed by atoms with E-state index in [0.29, 0.717) is 6.04 Å². The van der Waals surface area contributed by atoms with Crippen LogP contribution in [0.1, 0.15) is 37.3 Å². The van der Waals surface area contributed by atoms with Crippen LogP contribution in [0.15, 0.2) is 18.2 Å². The average Bonchev–Trinajstić information content (AvgIpc) is 2.57. The van der Waals surface area contributed by atoms with Crippen LogP contribution in [0.25, 0.3) is 0 Å². The zero-order valence-electron chi connectivity index (χ0n) is 11.0. The van der Waals surface area contributed by atoms with Crippen molar-refractivity contribution in [2.24, 2.45) is 0 Å². The van der Waals surface area contributed by atoms with Gasteiger partial charge in [0.1, 0.15) is 5.75 Å². The third-order valence-electron chi connectivity index (χ3n) is 3.58. The van der Waals surface area contributed by atoms with Crippen molar-refractivity contribution < 1.29 is 4.74 Å². The number of hydrogen-bond donors (Lipinski definition) is 1. The molecule has 0 amide bonds. The Morgan fingerprint density at radius 2 is 2.29 bits per heavy atom. The molecule has 1 aromatic rings. The Kier molecular flexibility index (Phi) is 4.43. The first-order chi connectivity index (χ1) is 8.35. The predicted octanol–water partition coefficient (Wildman–Crippen LogP) is 2.94. The van der Waals surface area contributed by atoms with Crippen LogP contribution in [0.3, 0.4) is 0 Å². The van der Waals surface area contributed by atoms with Gasteiger partial charge in [-0.05, 0) is 55.8 Å². The van der Waals surface area contributed by atoms with E-state index in [1.54, 1.807) is 7.11 Å². The molecule has 1 atom stereocenters. The summed E-state index contributed by atoms with van der Waals surface area (Å²) in [5, 5.41) is 3.65. The molecule has 0 aromatic heterocycles. The molecule has 1 aliphatic rings. The number of ether oxygens (including phenoxy) is 1. The maximum atomic E-state index is 5.46. The third-order valence-corrected chi connectivity index (χ3v) is 3.58. The van der Waals surface area contributed by atoms with Gasteiger partial charge in [0.2, 0.25) is 0 Å². The predicted molar refractivity (Wildman–Crippen MR) is 71.7 cm³/mol. The molecule has 0 aliphatic heterocycles. The van der Waals surface area contributed by atoms with Crippen molar-refractivity contribution >= 4 is 0 Å². The van der Waals surface area contributed by atoms with E-state index < -0.39 is 0 Å². The summed E-state index contributed by atoms with van der Waals surface area (Å²) in [7, 11) is 1.77. The van der Waals surface area contributed by atoms with E-state index in [4.69, 9.17) is 4.74 Å². The van der Waals surface area contributed by atoms with Crippen molar-refractivity contribution in [2.75, 3.05) is 13.7 Å². The van der Waals surface area contributed by atoms with Gasteiger partial charge >= 0.3 is 0 Å². The molecule has 0 saturated carbocycles. The fourth-order valence-corrected chi connectivity index (χ4v) is 2.69. The van der Waals surface area contributed by atoms with Crippen LogP contribution in [-0.2, 0) is 12.8 Å². The van der Waals surface area contributed by atoms with Crippen LogP contribution in [0.5, 0.6) is 5.75 Å². The number of rotatable bonds is 4. The maximum Gasteiger partial charge on any atom is 0.122 e. The zero-order valence-corrected chi connectivity index (χ0v) is 11.0. The Balaban J connectivity index is 2.14. The van der Waals surface area contributed by atoms with Crippen LogP contribution in [-0.4, -0.2) is 19.7 Å². The summed E-state index contributed by atoms with van der Waals surface area (Å²) in [5.41, 5.74) is 2.89. The summed E-state index contributed by atoms with van der Waals surface area (Å²) in [5.74, 6) is 1.07. The quantitative estimate of drug-likeness (QED) is 0.807. The van der Waals surface area contributed by atoms with Gasteiger partial charge < -0.3 is 10.1 Å². The fraction of sp³-hybridized carbons (Fsp3) is 0.600. The van der Waals surface area contributed by atoms with E-state index in [-0.39, 0.29) is 0 Å². The SMILES string of the molecule is CCCN[C@@H]1CCCc2c(cccc2OC)C1. The average molecular weight is 233 g/mol. The first-order valence-electron chi connectivity index (χ1n) is 6.73. The molecule has 2 nitrogen and oxygen atoms in total. The van der Waals surface area contributed by atoms with Crippen LogP contribution < -0.4 is 10.1 Å². The summed E-state index contributed by atoms with van der Waals surface area (Å²) >= 11 is 0. The standard InChI is InChI=1S/C15H23NO/c1-3-10-16-13-7-5-8-14-12(11-13)6-4-9-15(14)17-2/h4,6,9,13,16H,3,5,7-8,10-11H2,1-2H3/t13-/m1/s1. The second-order valence-electron chi connectivity index (χ2n) is 4.85. The van der Waals surface area contributed by atoms with E-state index >= 15 is 0 Å². The second-order valence-corrected chi connectivity index (χ2v) is 4.85. The molecule has 2 rings (SSSR count). The molecule has 0 fully saturated rings. The Labute approximate surface area is 104 Å². The van der Waals surface area contributed by atoms with Gasteiger partial charge in [-0.25, -0.2) is 0 Å². The highest BCUT2D eigenvalue weighted by Crippen LogP contribution is 2.28. The Hall–Kier alpha value is -1.02. The summed E-state index contributed by atoms with van der Waals surface area (Å²) in [6.45, 7) is 3.35. The Morgan fingerprint density at radius 1 is 1.41 bits per heavy atom. The smallest absolute Gasteiger partial charge is 0.122 e. The van der Waals surface area contributed by atoms with Crippen molar-refractivity contribution in [1.82, 2.24) is 5.32 Å². The molecule has 0 spiro atoms. The maximum absolute atomic E-state index is 5.46. The lowest BCUT2D eigenvalue weighted by Crippen LogP contribution is -2.31. The van der Waals surface area contributed by atoms with Crippen LogP contribution in [0, 0.1) is 0 Å². The molecule has 2 heteroatoms. The van der Waals surface area contributed by atoms with Crippen molar-refractivity contribution in [3.63, 3.8) is 0 Å². The lowest BCUT2D eigenvalue weighted by Gasteiger charge is -2.16. The van der Waals surface area contributed by atoms with Crippen LogP contribution in [0.2, 0.25) is 0 Å². The monoisotopic (exact) mass is 233 g/mol. The van der Waals surface area contributed by atoms with E-state index in [1.165, 1.54) is 30.4 Å². The first kappa shape index (κ1) is 12.4. The van der Waals surface area contributed by atoms with Gasteiger partial charge in [-0.3, -0.25) is 0 Å². The highest BCUT2D eigenvalue weighted by molar-refractivity contribution is 5.41. The van der Waals surface area contributed by atoms with Crippen molar-refractivity contribution in [3.8, 4) is 5.75 Å². The summed E-state index contributed by atoms with van der Waals surface area (Å²) in [6.07, 6.45) is 6.05. The molecule has 1 N–H and O–H groups in total. The lowest BCUT2D eigenvalue weighted by atomic mass is 10.0. The van der Waals surface area contributed by atoms with Crippen molar-refractivity contribution in [3.05, 3.63) is 29.3 Å². The van der Waals surface area contributed by atoms with E-state index in [0.717, 1.165) is 25.1 Å². The van der Waals surface area contributed by atoms with Gasteiger partial charge in [-0.1, -0.05) is 19.1 Å². The molecule has 0 heterocycles. The summed E-state index contributed by atoms with van der Waals surface area (Å²) in [4.78, 5) is 0. The highest BCUT2D eigenvalue weighted by atomic mass is 16.5. The topological polar surface area (TPSA) is 21.3 Å². The largest absolute Gasteiger partial charge is 0.496 e. The molecule has 94 valence electrons. The van der Waals surface area contributed by atoms with Crippen LogP contribution >= 0.6 is 0 Å². The van der Waals surface area contributed by atoms with Gasteiger partial charge in [-0.2, -0.15) is 0 Å². The van der Waals surface area contributed by atoms with Gasteiger partial charge in [0, 0.05) is 6.04 Å². The molecule has 1 aromatic carbocycles. The van der Waals surface area contributed by atoms with E-state index in [1.807, 2.05) is 0 Å². The van der Waals surface area contributed by atoms with Gasteiger partial charge in [0.05, 0.1) is 7.11 Å². The van der Waals surface area contributed by atoms with E-state index in [9.17, 15) is 0 Å². The molecular formula is C15H23NO. The minimum Gasteiger partial charge on any atom is -0.496 e. The normalized spacial score (nSPS) is 19.5. The number of methoxy groups -OCH3 is 1.